The predicted octanol–water partition coefficient (Wildman–Crippen LogP) is 1.07. The number of nitrogens with one attached hydrogen (secondary N) is 1. The molecule has 1 aromatic heterocycles. The van der Waals surface area contributed by atoms with E-state index in [9.17, 15) is 9.18 Å². The highest BCUT2D eigenvalue weighted by molar-refractivity contribution is 5.95. The highest BCUT2D eigenvalue weighted by atomic mass is 19.1. The summed E-state index contributed by atoms with van der Waals surface area (Å²) in [6.45, 7) is 2.21. The third-order valence-corrected chi connectivity index (χ3v) is 2.71. The van der Waals surface area contributed by atoms with E-state index in [2.05, 4.69) is 20.3 Å². The molecule has 0 aliphatic carbocycles. The number of nitrogens with zero attached hydrogens (tertiary/aromatic N) is 2. The highest BCUT2D eigenvalue weighted by Gasteiger charge is 2.15. The minimum absolute atomic E-state index is 0.0316. The van der Waals surface area contributed by atoms with Crippen LogP contribution in [0.4, 0.5) is 10.2 Å². The van der Waals surface area contributed by atoms with Crippen LogP contribution < -0.4 is 11.1 Å². The molecule has 0 atom stereocenters. The van der Waals surface area contributed by atoms with Crippen LogP contribution in [0.15, 0.2) is 22.8 Å². The first kappa shape index (κ1) is 13.0. The van der Waals surface area contributed by atoms with Crippen LogP contribution in [0, 0.1) is 12.7 Å². The second-order valence-electron chi connectivity index (χ2n) is 4.07. The largest absolute Gasteiger partial charge is 0.379 e. The Hall–Kier alpha value is -2.44. The van der Waals surface area contributed by atoms with Gasteiger partial charge in [-0.1, -0.05) is 6.07 Å². The number of rotatable bonds is 4. The van der Waals surface area contributed by atoms with Crippen molar-refractivity contribution in [3.05, 3.63) is 40.8 Å². The normalized spacial score (nSPS) is 10.4. The number of aryl methyl sites for hydroxylation is 1. The van der Waals surface area contributed by atoms with Crippen LogP contribution in [0.25, 0.3) is 0 Å². The summed E-state index contributed by atoms with van der Waals surface area (Å²) in [4.78, 5) is 11.6. The number of aromatic nitrogens is 2. The zero-order chi connectivity index (χ0) is 13.8. The van der Waals surface area contributed by atoms with Crippen LogP contribution in [-0.4, -0.2) is 22.8 Å². The Morgan fingerprint density at radius 3 is 2.89 bits per heavy atom. The molecule has 0 saturated heterocycles. The molecule has 100 valence electrons. The molecule has 7 heteroatoms. The van der Waals surface area contributed by atoms with E-state index in [-0.39, 0.29) is 17.3 Å². The molecule has 1 amide bonds. The molecule has 0 radical (unpaired) electrons. The number of halogens is 1. The van der Waals surface area contributed by atoms with Crippen molar-refractivity contribution in [1.82, 2.24) is 15.6 Å². The number of carbonyl (C=O) groups excluding carboxylic acids is 1. The van der Waals surface area contributed by atoms with E-state index in [0.29, 0.717) is 13.0 Å². The Morgan fingerprint density at radius 1 is 1.47 bits per heavy atom. The van der Waals surface area contributed by atoms with E-state index in [4.69, 9.17) is 5.73 Å². The fraction of sp³-hybridized carbons (Fsp3) is 0.250. The van der Waals surface area contributed by atoms with E-state index < -0.39 is 5.91 Å². The summed E-state index contributed by atoms with van der Waals surface area (Å²) in [5.41, 5.74) is 7.17. The maximum Gasteiger partial charge on any atom is 0.277 e. The average molecular weight is 264 g/mol. The van der Waals surface area contributed by atoms with Crippen LogP contribution in [0.1, 0.15) is 21.6 Å². The Morgan fingerprint density at radius 2 is 2.26 bits per heavy atom. The molecule has 0 fully saturated rings. The average Bonchev–Trinajstić information content (AvgIpc) is 2.78. The Kier molecular flexibility index (Phi) is 3.74. The summed E-state index contributed by atoms with van der Waals surface area (Å²) in [6.07, 6.45) is 0.586. The van der Waals surface area contributed by atoms with Crippen molar-refractivity contribution >= 4 is 11.7 Å². The molecule has 0 aliphatic rings. The topological polar surface area (TPSA) is 94.0 Å². The number of amides is 1. The molecule has 0 aliphatic heterocycles. The van der Waals surface area contributed by atoms with Gasteiger partial charge in [0.2, 0.25) is 11.5 Å². The fourth-order valence-electron chi connectivity index (χ4n) is 1.69. The third-order valence-electron chi connectivity index (χ3n) is 2.71. The summed E-state index contributed by atoms with van der Waals surface area (Å²) in [6, 6.07) is 4.54. The van der Waals surface area contributed by atoms with Crippen molar-refractivity contribution in [2.45, 2.75) is 13.3 Å². The summed E-state index contributed by atoms with van der Waals surface area (Å²) in [5.74, 6) is -0.763. The molecule has 0 unspecified atom stereocenters. The van der Waals surface area contributed by atoms with Gasteiger partial charge in [0.15, 0.2) is 0 Å². The first-order valence-corrected chi connectivity index (χ1v) is 5.69. The molecule has 0 spiro atoms. The van der Waals surface area contributed by atoms with Crippen LogP contribution in [-0.2, 0) is 6.42 Å². The zero-order valence-corrected chi connectivity index (χ0v) is 10.3. The lowest BCUT2D eigenvalue weighted by Crippen LogP contribution is -2.26. The molecule has 0 saturated carbocycles. The SMILES string of the molecule is Cc1cc(F)ccc1CCNC(=O)c1nonc1N. The number of benzene rings is 1. The van der Waals surface area contributed by atoms with Crippen LogP contribution in [0.3, 0.4) is 0 Å². The van der Waals surface area contributed by atoms with Gasteiger partial charge in [0, 0.05) is 6.54 Å². The lowest BCUT2D eigenvalue weighted by molar-refractivity contribution is 0.0945. The molecule has 1 heterocycles. The van der Waals surface area contributed by atoms with Gasteiger partial charge in [0.05, 0.1) is 0 Å². The van der Waals surface area contributed by atoms with E-state index in [0.717, 1.165) is 11.1 Å². The number of hydrogen-bond donors (Lipinski definition) is 2. The maximum atomic E-state index is 12.9. The minimum Gasteiger partial charge on any atom is -0.379 e. The molecular weight excluding hydrogens is 251 g/mol. The van der Waals surface area contributed by atoms with Crippen molar-refractivity contribution in [2.24, 2.45) is 0 Å². The van der Waals surface area contributed by atoms with Gasteiger partial charge in [-0.2, -0.15) is 0 Å². The van der Waals surface area contributed by atoms with Gasteiger partial charge in [-0.3, -0.25) is 4.79 Å². The molecule has 3 N–H and O–H groups in total. The number of anilines is 1. The first-order chi connectivity index (χ1) is 9.08. The van der Waals surface area contributed by atoms with Gasteiger partial charge in [-0.25, -0.2) is 9.02 Å². The van der Waals surface area contributed by atoms with Gasteiger partial charge in [0.1, 0.15) is 5.82 Å². The molecule has 2 aromatic rings. The van der Waals surface area contributed by atoms with Gasteiger partial charge in [-0.15, -0.1) is 0 Å². The molecule has 6 nitrogen and oxygen atoms in total. The number of nitrogen functional groups attached to an aromatic ring is 1. The molecule has 2 rings (SSSR count). The number of carbonyl (C=O) groups is 1. The van der Waals surface area contributed by atoms with E-state index in [1.54, 1.807) is 6.07 Å². The predicted molar refractivity (Wildman–Crippen MR) is 65.9 cm³/mol. The lowest BCUT2D eigenvalue weighted by atomic mass is 10.1. The smallest absolute Gasteiger partial charge is 0.277 e. The monoisotopic (exact) mass is 264 g/mol. The van der Waals surface area contributed by atoms with Crippen molar-refractivity contribution in [1.29, 1.82) is 0 Å². The standard InChI is InChI=1S/C12H13FN4O2/c1-7-6-9(13)3-2-8(7)4-5-15-12(18)10-11(14)17-19-16-10/h2-3,6H,4-5H2,1H3,(H2,14,17)(H,15,18). The van der Waals surface area contributed by atoms with Crippen molar-refractivity contribution in [3.8, 4) is 0 Å². The van der Waals surface area contributed by atoms with Crippen LogP contribution >= 0.6 is 0 Å². The minimum atomic E-state index is -0.446. The third kappa shape index (κ3) is 3.06. The lowest BCUT2D eigenvalue weighted by Gasteiger charge is -2.06. The summed E-state index contributed by atoms with van der Waals surface area (Å²) in [5, 5.41) is 9.36. The molecule has 19 heavy (non-hydrogen) atoms. The highest BCUT2D eigenvalue weighted by Crippen LogP contribution is 2.10. The molecule has 1 aromatic carbocycles. The summed E-state index contributed by atoms with van der Waals surface area (Å²) < 4.78 is 17.3. The van der Waals surface area contributed by atoms with Crippen molar-refractivity contribution < 1.29 is 13.8 Å². The fourth-order valence-corrected chi connectivity index (χ4v) is 1.69. The van der Waals surface area contributed by atoms with Gasteiger partial charge < -0.3 is 11.1 Å². The first-order valence-electron chi connectivity index (χ1n) is 5.69. The molecular formula is C12H13FN4O2. The van der Waals surface area contributed by atoms with Gasteiger partial charge >= 0.3 is 0 Å². The second kappa shape index (κ2) is 5.47. The van der Waals surface area contributed by atoms with Gasteiger partial charge in [-0.05, 0) is 46.9 Å². The molecule has 0 bridgehead atoms. The van der Waals surface area contributed by atoms with E-state index in [1.807, 2.05) is 6.92 Å². The van der Waals surface area contributed by atoms with E-state index in [1.165, 1.54) is 12.1 Å². The Labute approximate surface area is 108 Å². The maximum absolute atomic E-state index is 12.9. The van der Waals surface area contributed by atoms with Crippen molar-refractivity contribution in [3.63, 3.8) is 0 Å². The summed E-state index contributed by atoms with van der Waals surface area (Å²) in [7, 11) is 0. The van der Waals surface area contributed by atoms with Gasteiger partial charge in [0.25, 0.3) is 5.91 Å². The van der Waals surface area contributed by atoms with E-state index >= 15 is 0 Å². The zero-order valence-electron chi connectivity index (χ0n) is 10.3. The Bertz CT molecular complexity index is 597. The quantitative estimate of drug-likeness (QED) is 0.861. The number of nitrogens with two attached hydrogens (primary N) is 1. The van der Waals surface area contributed by atoms with Crippen LogP contribution in [0.2, 0.25) is 0 Å². The number of hydrogen-bond acceptors (Lipinski definition) is 5. The van der Waals surface area contributed by atoms with Crippen molar-refractivity contribution in [2.75, 3.05) is 12.3 Å². The van der Waals surface area contributed by atoms with Crippen LogP contribution in [0.5, 0.6) is 0 Å². The Balaban J connectivity index is 1.90. The summed E-state index contributed by atoms with van der Waals surface area (Å²) >= 11 is 0. The second-order valence-corrected chi connectivity index (χ2v) is 4.07.